The molecule has 0 unspecified atom stereocenters. The normalized spacial score (nSPS) is 16.6. The standard InChI is InChI=1S/C19H12ClFN2O5S/c20-13-7-15-14(27-9-28-15)5-10(13)6-16-18(25)23(19(26)29-16)8-17(24)22-12-3-1-11(21)2-4-12/h1-7H,8-9H2,(H,22,24)/b16-6-. The second kappa shape index (κ2) is 7.76. The van der Waals surface area contributed by atoms with Gasteiger partial charge in [-0.3, -0.25) is 19.3 Å². The number of carbonyl (C=O) groups excluding carboxylic acids is 3. The van der Waals surface area contributed by atoms with Gasteiger partial charge in [-0.1, -0.05) is 11.6 Å². The maximum absolute atomic E-state index is 12.9. The smallest absolute Gasteiger partial charge is 0.294 e. The van der Waals surface area contributed by atoms with Crippen LogP contribution in [0.2, 0.25) is 5.02 Å². The van der Waals surface area contributed by atoms with Gasteiger partial charge in [0.15, 0.2) is 11.5 Å². The maximum Gasteiger partial charge on any atom is 0.294 e. The summed E-state index contributed by atoms with van der Waals surface area (Å²) in [5, 5.41) is 2.26. The van der Waals surface area contributed by atoms with Crippen LogP contribution in [0.4, 0.5) is 14.9 Å². The molecule has 2 aliphatic heterocycles. The van der Waals surface area contributed by atoms with Crippen molar-refractivity contribution < 1.29 is 28.2 Å². The summed E-state index contributed by atoms with van der Waals surface area (Å²) in [6, 6.07) is 8.31. The molecule has 1 N–H and O–H groups in total. The van der Waals surface area contributed by atoms with Crippen LogP contribution in [0.5, 0.6) is 11.5 Å². The highest BCUT2D eigenvalue weighted by Crippen LogP contribution is 2.39. The highest BCUT2D eigenvalue weighted by molar-refractivity contribution is 8.18. The molecule has 7 nitrogen and oxygen atoms in total. The zero-order valence-electron chi connectivity index (χ0n) is 14.6. The lowest BCUT2D eigenvalue weighted by Gasteiger charge is -2.12. The summed E-state index contributed by atoms with van der Waals surface area (Å²) in [7, 11) is 0. The Hall–Kier alpha value is -3.04. The van der Waals surface area contributed by atoms with E-state index < -0.39 is 29.4 Å². The fraction of sp³-hybridized carbons (Fsp3) is 0.105. The van der Waals surface area contributed by atoms with Gasteiger partial charge in [0.2, 0.25) is 12.7 Å². The van der Waals surface area contributed by atoms with Gasteiger partial charge in [0.25, 0.3) is 11.1 Å². The van der Waals surface area contributed by atoms with Crippen molar-refractivity contribution in [1.82, 2.24) is 4.90 Å². The highest BCUT2D eigenvalue weighted by Gasteiger charge is 2.36. The van der Waals surface area contributed by atoms with Gasteiger partial charge in [0, 0.05) is 11.8 Å². The van der Waals surface area contributed by atoms with Gasteiger partial charge in [-0.15, -0.1) is 0 Å². The second-order valence-electron chi connectivity index (χ2n) is 6.05. The van der Waals surface area contributed by atoms with Crippen molar-refractivity contribution in [1.29, 1.82) is 0 Å². The molecular formula is C19H12ClFN2O5S. The molecule has 0 bridgehead atoms. The Bertz CT molecular complexity index is 1060. The number of nitrogens with one attached hydrogen (secondary N) is 1. The van der Waals surface area contributed by atoms with Crippen LogP contribution in [0.25, 0.3) is 6.08 Å². The Morgan fingerprint density at radius 1 is 1.21 bits per heavy atom. The predicted octanol–water partition coefficient (Wildman–Crippen LogP) is 3.88. The molecule has 29 heavy (non-hydrogen) atoms. The monoisotopic (exact) mass is 434 g/mol. The minimum atomic E-state index is -0.608. The molecule has 4 rings (SSSR count). The Balaban J connectivity index is 1.48. The van der Waals surface area contributed by atoms with Crippen LogP contribution < -0.4 is 14.8 Å². The molecular weight excluding hydrogens is 423 g/mol. The van der Waals surface area contributed by atoms with Crippen molar-refractivity contribution in [2.45, 2.75) is 0 Å². The second-order valence-corrected chi connectivity index (χ2v) is 7.45. The largest absolute Gasteiger partial charge is 0.454 e. The molecule has 3 amide bonds. The quantitative estimate of drug-likeness (QED) is 0.735. The Kier molecular flexibility index (Phi) is 5.16. The fourth-order valence-electron chi connectivity index (χ4n) is 2.70. The molecule has 148 valence electrons. The van der Waals surface area contributed by atoms with E-state index in [1.54, 1.807) is 12.1 Å². The maximum atomic E-state index is 12.9. The number of halogens is 2. The van der Waals surface area contributed by atoms with Gasteiger partial charge in [0.05, 0.1) is 9.93 Å². The average Bonchev–Trinajstić information content (AvgIpc) is 3.23. The number of rotatable bonds is 4. The van der Waals surface area contributed by atoms with Gasteiger partial charge in [-0.25, -0.2) is 4.39 Å². The number of ether oxygens (including phenoxy) is 2. The number of hydrogen-bond donors (Lipinski definition) is 1. The minimum Gasteiger partial charge on any atom is -0.454 e. The zero-order chi connectivity index (χ0) is 20.5. The van der Waals surface area contributed by atoms with Crippen molar-refractivity contribution in [2.24, 2.45) is 0 Å². The van der Waals surface area contributed by atoms with Crippen LogP contribution in [0.15, 0.2) is 41.3 Å². The fourth-order valence-corrected chi connectivity index (χ4v) is 3.74. The Morgan fingerprint density at radius 3 is 2.62 bits per heavy atom. The van der Waals surface area contributed by atoms with Crippen LogP contribution in [-0.2, 0) is 9.59 Å². The third-order valence-electron chi connectivity index (χ3n) is 4.08. The third-order valence-corrected chi connectivity index (χ3v) is 5.32. The number of amides is 3. The van der Waals surface area contributed by atoms with E-state index in [1.807, 2.05) is 0 Å². The summed E-state index contributed by atoms with van der Waals surface area (Å²) in [6.07, 6.45) is 1.47. The zero-order valence-corrected chi connectivity index (χ0v) is 16.2. The van der Waals surface area contributed by atoms with Gasteiger partial charge >= 0.3 is 0 Å². The van der Waals surface area contributed by atoms with E-state index in [0.29, 0.717) is 39.5 Å². The Morgan fingerprint density at radius 2 is 1.90 bits per heavy atom. The van der Waals surface area contributed by atoms with E-state index in [2.05, 4.69) is 5.32 Å². The van der Waals surface area contributed by atoms with Crippen LogP contribution in [0.1, 0.15) is 5.56 Å². The number of thioether (sulfide) groups is 1. The molecule has 2 aromatic rings. The lowest BCUT2D eigenvalue weighted by molar-refractivity contribution is -0.127. The molecule has 1 saturated heterocycles. The summed E-state index contributed by atoms with van der Waals surface area (Å²) in [4.78, 5) is 37.9. The number of nitrogens with zero attached hydrogens (tertiary/aromatic N) is 1. The summed E-state index contributed by atoms with van der Waals surface area (Å²) < 4.78 is 23.5. The van der Waals surface area contributed by atoms with Crippen LogP contribution in [0, 0.1) is 5.82 Å². The third kappa shape index (κ3) is 4.06. The lowest BCUT2D eigenvalue weighted by atomic mass is 10.2. The summed E-state index contributed by atoms with van der Waals surface area (Å²) in [5.74, 6) is -0.651. The van der Waals surface area contributed by atoms with Crippen LogP contribution in [-0.4, -0.2) is 35.3 Å². The highest BCUT2D eigenvalue weighted by atomic mass is 35.5. The summed E-state index contributed by atoms with van der Waals surface area (Å²) >= 11 is 6.91. The Labute approximate surface area is 173 Å². The van der Waals surface area contributed by atoms with Crippen LogP contribution >= 0.6 is 23.4 Å². The molecule has 0 spiro atoms. The van der Waals surface area contributed by atoms with Crippen molar-refractivity contribution >= 4 is 52.2 Å². The van der Waals surface area contributed by atoms with Crippen molar-refractivity contribution in [2.75, 3.05) is 18.7 Å². The van der Waals surface area contributed by atoms with E-state index in [0.717, 1.165) is 4.90 Å². The van der Waals surface area contributed by atoms with Crippen molar-refractivity contribution in [3.63, 3.8) is 0 Å². The molecule has 2 aliphatic rings. The van der Waals surface area contributed by atoms with Gasteiger partial charge in [0.1, 0.15) is 12.4 Å². The molecule has 10 heteroatoms. The van der Waals surface area contributed by atoms with Crippen molar-refractivity contribution in [3.8, 4) is 11.5 Å². The molecule has 0 atom stereocenters. The van der Waals surface area contributed by atoms with E-state index >= 15 is 0 Å². The molecule has 0 saturated carbocycles. The molecule has 2 heterocycles. The predicted molar refractivity (Wildman–Crippen MR) is 105 cm³/mol. The summed E-state index contributed by atoms with van der Waals surface area (Å²) in [6.45, 7) is -0.386. The average molecular weight is 435 g/mol. The first-order chi connectivity index (χ1) is 13.9. The van der Waals surface area contributed by atoms with Gasteiger partial charge in [-0.05, 0) is 53.7 Å². The van der Waals surface area contributed by atoms with Gasteiger partial charge in [-0.2, -0.15) is 0 Å². The minimum absolute atomic E-state index is 0.0782. The van der Waals surface area contributed by atoms with Crippen LogP contribution in [0.3, 0.4) is 0 Å². The van der Waals surface area contributed by atoms with Crippen molar-refractivity contribution in [3.05, 3.63) is 57.7 Å². The van der Waals surface area contributed by atoms with E-state index in [1.165, 1.54) is 30.3 Å². The number of carbonyl (C=O) groups is 3. The first-order valence-corrected chi connectivity index (χ1v) is 9.50. The topological polar surface area (TPSA) is 84.9 Å². The number of anilines is 1. The molecule has 0 aromatic heterocycles. The number of fused-ring (bicyclic) bond motifs is 1. The van der Waals surface area contributed by atoms with E-state index in [4.69, 9.17) is 21.1 Å². The lowest BCUT2D eigenvalue weighted by Crippen LogP contribution is -2.36. The number of imide groups is 1. The molecule has 2 aromatic carbocycles. The first kappa shape index (κ1) is 19.3. The van der Waals surface area contributed by atoms with E-state index in [9.17, 15) is 18.8 Å². The molecule has 1 fully saturated rings. The number of hydrogen-bond acceptors (Lipinski definition) is 6. The van der Waals surface area contributed by atoms with E-state index in [-0.39, 0.29) is 11.7 Å². The van der Waals surface area contributed by atoms with Gasteiger partial charge < -0.3 is 14.8 Å². The SMILES string of the molecule is O=C(CN1C(=O)S/C(=C\c2cc3c(cc2Cl)OCO3)C1=O)Nc1ccc(F)cc1. The first-order valence-electron chi connectivity index (χ1n) is 8.30. The summed E-state index contributed by atoms with van der Waals surface area (Å²) in [5.41, 5.74) is 0.836. The number of benzene rings is 2. The molecule has 0 aliphatic carbocycles. The molecule has 0 radical (unpaired) electrons.